The largest absolute Gasteiger partial charge is 0.451 e. The normalized spacial score (nSPS) is 14.2. The average molecular weight is 421 g/mol. The minimum atomic E-state index is -0.768. The standard InChI is InChI=1S/C25H28N2O4/c1-17(21-13-12-20-10-6-7-11-22(20)15-21)26-24(29)16-31-25(30)23(27-18(2)28)14-19-8-4-3-5-9-19/h3-5,8-9,12-15,17H,6-7,10-11,16H2,1-2H3,(H,26,29)(H,27,28)/b23-14-/t17-/m1/s1. The van der Waals surface area contributed by atoms with Crippen LogP contribution in [-0.4, -0.2) is 24.4 Å². The van der Waals surface area contributed by atoms with E-state index in [1.165, 1.54) is 37.0 Å². The molecule has 0 spiro atoms. The number of benzene rings is 2. The molecule has 6 heteroatoms. The van der Waals surface area contributed by atoms with Gasteiger partial charge in [-0.2, -0.15) is 0 Å². The summed E-state index contributed by atoms with van der Waals surface area (Å²) in [7, 11) is 0. The number of amides is 2. The van der Waals surface area contributed by atoms with Crippen molar-refractivity contribution in [1.82, 2.24) is 10.6 Å². The summed E-state index contributed by atoms with van der Waals surface area (Å²) in [5.74, 6) is -1.57. The lowest BCUT2D eigenvalue weighted by Gasteiger charge is -2.20. The summed E-state index contributed by atoms with van der Waals surface area (Å²) in [6.45, 7) is 2.78. The second kappa shape index (κ2) is 10.6. The SMILES string of the molecule is CC(=O)N/C(=C\c1ccccc1)C(=O)OCC(=O)N[C@H](C)c1ccc2c(c1)CCCC2. The molecule has 31 heavy (non-hydrogen) atoms. The van der Waals surface area contributed by atoms with Gasteiger partial charge in [-0.15, -0.1) is 0 Å². The molecule has 0 aromatic heterocycles. The van der Waals surface area contributed by atoms with E-state index in [1.807, 2.05) is 31.2 Å². The summed E-state index contributed by atoms with van der Waals surface area (Å²) in [5.41, 5.74) is 4.48. The maximum Gasteiger partial charge on any atom is 0.355 e. The van der Waals surface area contributed by atoms with E-state index in [9.17, 15) is 14.4 Å². The van der Waals surface area contributed by atoms with Crippen molar-refractivity contribution in [3.63, 3.8) is 0 Å². The lowest BCUT2D eigenvalue weighted by molar-refractivity contribution is -0.145. The molecule has 2 amide bonds. The van der Waals surface area contributed by atoms with Gasteiger partial charge in [0, 0.05) is 6.92 Å². The topological polar surface area (TPSA) is 84.5 Å². The first-order valence-corrected chi connectivity index (χ1v) is 10.5. The first kappa shape index (κ1) is 22.3. The fourth-order valence-corrected chi connectivity index (χ4v) is 3.65. The van der Waals surface area contributed by atoms with Crippen molar-refractivity contribution >= 4 is 23.9 Å². The van der Waals surface area contributed by atoms with Crippen LogP contribution in [0.2, 0.25) is 0 Å². The van der Waals surface area contributed by atoms with Crippen molar-refractivity contribution < 1.29 is 19.1 Å². The zero-order chi connectivity index (χ0) is 22.2. The van der Waals surface area contributed by atoms with E-state index in [2.05, 4.69) is 22.8 Å². The van der Waals surface area contributed by atoms with Gasteiger partial charge in [-0.3, -0.25) is 9.59 Å². The zero-order valence-electron chi connectivity index (χ0n) is 17.9. The number of fused-ring (bicyclic) bond motifs is 1. The third-order valence-corrected chi connectivity index (χ3v) is 5.23. The molecular formula is C25H28N2O4. The van der Waals surface area contributed by atoms with E-state index in [0.29, 0.717) is 0 Å². The van der Waals surface area contributed by atoms with Crippen molar-refractivity contribution in [3.8, 4) is 0 Å². The highest BCUT2D eigenvalue weighted by molar-refractivity contribution is 5.98. The number of carbonyl (C=O) groups is 3. The van der Waals surface area contributed by atoms with E-state index in [-0.39, 0.29) is 11.7 Å². The maximum atomic E-state index is 12.4. The molecule has 0 heterocycles. The third kappa shape index (κ3) is 6.54. The van der Waals surface area contributed by atoms with E-state index < -0.39 is 24.4 Å². The molecule has 0 unspecified atom stereocenters. The smallest absolute Gasteiger partial charge is 0.355 e. The van der Waals surface area contributed by atoms with Gasteiger partial charge in [0.25, 0.3) is 5.91 Å². The molecule has 1 aliphatic rings. The molecule has 0 radical (unpaired) electrons. The van der Waals surface area contributed by atoms with Crippen LogP contribution in [0, 0.1) is 0 Å². The van der Waals surface area contributed by atoms with Gasteiger partial charge in [-0.25, -0.2) is 4.79 Å². The molecule has 2 aromatic carbocycles. The van der Waals surface area contributed by atoms with Gasteiger partial charge >= 0.3 is 5.97 Å². The molecule has 0 saturated heterocycles. The Bertz CT molecular complexity index is 982. The number of carbonyl (C=O) groups excluding carboxylic acids is 3. The maximum absolute atomic E-state index is 12.4. The lowest BCUT2D eigenvalue weighted by Crippen LogP contribution is -2.33. The number of ether oxygens (including phenoxy) is 1. The molecule has 1 aliphatic carbocycles. The van der Waals surface area contributed by atoms with Gasteiger partial charge in [0.2, 0.25) is 5.91 Å². The number of aryl methyl sites for hydroxylation is 2. The van der Waals surface area contributed by atoms with E-state index in [1.54, 1.807) is 12.1 Å². The van der Waals surface area contributed by atoms with E-state index in [0.717, 1.165) is 24.0 Å². The fourth-order valence-electron chi connectivity index (χ4n) is 3.65. The highest BCUT2D eigenvalue weighted by Gasteiger charge is 2.17. The minimum absolute atomic E-state index is 0.0192. The Kier molecular flexibility index (Phi) is 7.60. The Hall–Kier alpha value is -3.41. The average Bonchev–Trinajstić information content (AvgIpc) is 2.77. The van der Waals surface area contributed by atoms with Gasteiger partial charge in [0.1, 0.15) is 5.70 Å². The molecule has 2 N–H and O–H groups in total. The van der Waals surface area contributed by atoms with Crippen LogP contribution in [-0.2, 0) is 32.0 Å². The number of esters is 1. The monoisotopic (exact) mass is 420 g/mol. The van der Waals surface area contributed by atoms with Crippen molar-refractivity contribution in [2.45, 2.75) is 45.6 Å². The van der Waals surface area contributed by atoms with Gasteiger partial charge in [-0.1, -0.05) is 48.5 Å². The van der Waals surface area contributed by atoms with Crippen LogP contribution in [0.15, 0.2) is 54.2 Å². The van der Waals surface area contributed by atoms with E-state index >= 15 is 0 Å². The number of hydrogen-bond donors (Lipinski definition) is 2. The molecule has 3 rings (SSSR count). The van der Waals surface area contributed by atoms with Crippen molar-refractivity contribution in [3.05, 3.63) is 76.5 Å². The Morgan fingerprint density at radius 2 is 1.74 bits per heavy atom. The van der Waals surface area contributed by atoms with Gasteiger partial charge in [0.15, 0.2) is 6.61 Å². The van der Waals surface area contributed by atoms with Crippen LogP contribution in [0.1, 0.15) is 55.0 Å². The number of hydrogen-bond acceptors (Lipinski definition) is 4. The lowest BCUT2D eigenvalue weighted by atomic mass is 9.89. The summed E-state index contributed by atoms with van der Waals surface area (Å²) in [5, 5.41) is 5.33. The molecule has 1 atom stereocenters. The third-order valence-electron chi connectivity index (χ3n) is 5.23. The summed E-state index contributed by atoms with van der Waals surface area (Å²) in [6.07, 6.45) is 6.11. The minimum Gasteiger partial charge on any atom is -0.451 e. The van der Waals surface area contributed by atoms with Gasteiger partial charge < -0.3 is 15.4 Å². The molecule has 6 nitrogen and oxygen atoms in total. The molecular weight excluding hydrogens is 392 g/mol. The predicted molar refractivity (Wildman–Crippen MR) is 119 cm³/mol. The van der Waals surface area contributed by atoms with Crippen molar-refractivity contribution in [1.29, 1.82) is 0 Å². The Balaban J connectivity index is 1.57. The predicted octanol–water partition coefficient (Wildman–Crippen LogP) is 3.46. The number of rotatable bonds is 7. The van der Waals surface area contributed by atoms with Crippen LogP contribution in [0.3, 0.4) is 0 Å². The van der Waals surface area contributed by atoms with Gasteiger partial charge in [0.05, 0.1) is 6.04 Å². The zero-order valence-corrected chi connectivity index (χ0v) is 17.9. The second-order valence-electron chi connectivity index (χ2n) is 7.75. The van der Waals surface area contributed by atoms with Crippen LogP contribution in [0.5, 0.6) is 0 Å². The van der Waals surface area contributed by atoms with Crippen LogP contribution in [0.25, 0.3) is 6.08 Å². The highest BCUT2D eigenvalue weighted by atomic mass is 16.5. The summed E-state index contributed by atoms with van der Waals surface area (Å²) in [6, 6.07) is 15.2. The molecule has 0 saturated carbocycles. The highest BCUT2D eigenvalue weighted by Crippen LogP contribution is 2.24. The Morgan fingerprint density at radius 1 is 1.03 bits per heavy atom. The molecule has 162 valence electrons. The van der Waals surface area contributed by atoms with Crippen LogP contribution >= 0.6 is 0 Å². The fraction of sp³-hybridized carbons (Fsp3) is 0.320. The quantitative estimate of drug-likeness (QED) is 0.531. The first-order valence-electron chi connectivity index (χ1n) is 10.5. The van der Waals surface area contributed by atoms with Gasteiger partial charge in [-0.05, 0) is 60.9 Å². The number of nitrogens with one attached hydrogen (secondary N) is 2. The summed E-state index contributed by atoms with van der Waals surface area (Å²) in [4.78, 5) is 36.2. The Labute approximate surface area is 182 Å². The molecule has 0 fully saturated rings. The Morgan fingerprint density at radius 3 is 2.45 bits per heavy atom. The first-order chi connectivity index (χ1) is 14.9. The van der Waals surface area contributed by atoms with Crippen molar-refractivity contribution in [2.24, 2.45) is 0 Å². The molecule has 2 aromatic rings. The van der Waals surface area contributed by atoms with Crippen molar-refractivity contribution in [2.75, 3.05) is 6.61 Å². The summed E-state index contributed by atoms with van der Waals surface area (Å²) >= 11 is 0. The van der Waals surface area contributed by atoms with E-state index in [4.69, 9.17) is 4.74 Å². The second-order valence-corrected chi connectivity index (χ2v) is 7.75. The summed E-state index contributed by atoms with van der Waals surface area (Å²) < 4.78 is 5.13. The molecule has 0 bridgehead atoms. The molecule has 0 aliphatic heterocycles. The van der Waals surface area contributed by atoms with Crippen LogP contribution < -0.4 is 10.6 Å². The van der Waals surface area contributed by atoms with Crippen LogP contribution in [0.4, 0.5) is 0 Å².